The number of hydrogen-bond acceptors (Lipinski definition) is 1. The molecule has 2 atom stereocenters. The molecule has 162 valence electrons. The van der Waals surface area contributed by atoms with Crippen molar-refractivity contribution in [3.8, 4) is 0 Å². The standard InChI is InChI=1S/C30H36O/c1-19-8-9-27-16-25(10-11-26(27)14-19)23(5)24(6)31-13-12-30(7)17-28-21(3)15-20(2)22(4)29(28)18-30/h8-11,14-16,23H,6,12-13,17-18H2,1-5,7H3. The zero-order chi connectivity index (χ0) is 22.3. The number of allylic oxidation sites excluding steroid dienone is 1. The van der Waals surface area contributed by atoms with E-state index >= 15 is 0 Å². The van der Waals surface area contributed by atoms with Gasteiger partial charge in [-0.05, 0) is 96.5 Å². The zero-order valence-corrected chi connectivity index (χ0v) is 20.1. The molecule has 0 saturated heterocycles. The molecule has 0 amide bonds. The summed E-state index contributed by atoms with van der Waals surface area (Å²) < 4.78 is 6.21. The van der Waals surface area contributed by atoms with E-state index in [4.69, 9.17) is 4.74 Å². The molecule has 2 unspecified atom stereocenters. The van der Waals surface area contributed by atoms with Crippen molar-refractivity contribution < 1.29 is 4.74 Å². The second-order valence-corrected chi connectivity index (χ2v) is 10.2. The maximum Gasteiger partial charge on any atom is 0.0960 e. The predicted octanol–water partition coefficient (Wildman–Crippen LogP) is 7.90. The Bertz CT molecular complexity index is 1150. The van der Waals surface area contributed by atoms with Crippen LogP contribution < -0.4 is 0 Å². The second kappa shape index (κ2) is 8.19. The van der Waals surface area contributed by atoms with Crippen LogP contribution in [0.15, 0.2) is 54.8 Å². The number of aryl methyl sites for hydroxylation is 3. The average Bonchev–Trinajstić information content (AvgIpc) is 3.09. The van der Waals surface area contributed by atoms with Crippen LogP contribution >= 0.6 is 0 Å². The van der Waals surface area contributed by atoms with Crippen molar-refractivity contribution in [2.45, 2.75) is 66.7 Å². The molecule has 0 spiro atoms. The topological polar surface area (TPSA) is 9.23 Å². The molecule has 0 N–H and O–H groups in total. The summed E-state index contributed by atoms with van der Waals surface area (Å²) in [5, 5.41) is 2.57. The van der Waals surface area contributed by atoms with Crippen LogP contribution in [0.4, 0.5) is 0 Å². The average molecular weight is 413 g/mol. The minimum Gasteiger partial charge on any atom is -0.498 e. The highest BCUT2D eigenvalue weighted by Crippen LogP contribution is 2.43. The van der Waals surface area contributed by atoms with Gasteiger partial charge in [-0.2, -0.15) is 0 Å². The molecule has 3 aromatic carbocycles. The first-order chi connectivity index (χ1) is 14.7. The summed E-state index contributed by atoms with van der Waals surface area (Å²) >= 11 is 0. The van der Waals surface area contributed by atoms with E-state index in [0.29, 0.717) is 0 Å². The van der Waals surface area contributed by atoms with E-state index in [2.05, 4.69) is 90.6 Å². The Morgan fingerprint density at radius 2 is 1.61 bits per heavy atom. The minimum atomic E-state index is 0.187. The SMILES string of the molecule is C=C(OCCC1(C)Cc2c(C)cc(C)c(C)c2C1)C(C)c1ccc2cc(C)ccc2c1. The molecule has 1 heteroatoms. The largest absolute Gasteiger partial charge is 0.498 e. The maximum atomic E-state index is 6.21. The van der Waals surface area contributed by atoms with Crippen molar-refractivity contribution in [2.75, 3.05) is 6.61 Å². The summed E-state index contributed by atoms with van der Waals surface area (Å²) in [7, 11) is 0. The molecule has 0 fully saturated rings. The zero-order valence-electron chi connectivity index (χ0n) is 20.1. The lowest BCUT2D eigenvalue weighted by atomic mass is 9.83. The maximum absolute atomic E-state index is 6.21. The van der Waals surface area contributed by atoms with Gasteiger partial charge in [0.25, 0.3) is 0 Å². The molecule has 0 radical (unpaired) electrons. The van der Waals surface area contributed by atoms with Crippen LogP contribution in [0, 0.1) is 33.1 Å². The normalized spacial score (nSPS) is 18.8. The van der Waals surface area contributed by atoms with Crippen LogP contribution in [0.5, 0.6) is 0 Å². The summed E-state index contributed by atoms with van der Waals surface area (Å²) in [4.78, 5) is 0. The Labute approximate surface area is 188 Å². The van der Waals surface area contributed by atoms with Crippen LogP contribution in [0.25, 0.3) is 10.8 Å². The quantitative estimate of drug-likeness (QED) is 0.374. The molecule has 1 nitrogen and oxygen atoms in total. The monoisotopic (exact) mass is 412 g/mol. The number of fused-ring (bicyclic) bond motifs is 2. The van der Waals surface area contributed by atoms with Gasteiger partial charge in [0, 0.05) is 5.92 Å². The highest BCUT2D eigenvalue weighted by molar-refractivity contribution is 5.84. The van der Waals surface area contributed by atoms with Crippen LogP contribution in [0.1, 0.15) is 65.1 Å². The summed E-state index contributed by atoms with van der Waals surface area (Å²) in [6.45, 7) is 18.5. The number of benzene rings is 3. The van der Waals surface area contributed by atoms with Crippen molar-refractivity contribution in [1.82, 2.24) is 0 Å². The lowest BCUT2D eigenvalue weighted by Gasteiger charge is -2.25. The van der Waals surface area contributed by atoms with Crippen molar-refractivity contribution >= 4 is 10.8 Å². The Hall–Kier alpha value is -2.54. The third-order valence-corrected chi connectivity index (χ3v) is 7.52. The summed E-state index contributed by atoms with van der Waals surface area (Å²) in [5.41, 5.74) is 10.3. The molecule has 31 heavy (non-hydrogen) atoms. The third-order valence-electron chi connectivity index (χ3n) is 7.52. The van der Waals surface area contributed by atoms with Gasteiger partial charge in [0.05, 0.1) is 12.4 Å². The van der Waals surface area contributed by atoms with Crippen LogP contribution in [-0.2, 0) is 17.6 Å². The molecule has 0 bridgehead atoms. The van der Waals surface area contributed by atoms with Crippen molar-refractivity contribution in [1.29, 1.82) is 0 Å². The Balaban J connectivity index is 1.38. The van der Waals surface area contributed by atoms with Crippen LogP contribution in [-0.4, -0.2) is 6.61 Å². The Morgan fingerprint density at radius 1 is 0.935 bits per heavy atom. The lowest BCUT2D eigenvalue weighted by Crippen LogP contribution is -2.19. The van der Waals surface area contributed by atoms with E-state index in [1.54, 1.807) is 11.1 Å². The molecular formula is C30H36O. The van der Waals surface area contributed by atoms with E-state index in [1.165, 1.54) is 38.6 Å². The summed E-state index contributed by atoms with van der Waals surface area (Å²) in [6, 6.07) is 15.7. The van der Waals surface area contributed by atoms with Crippen molar-refractivity contribution in [3.63, 3.8) is 0 Å². The molecule has 1 aliphatic rings. The smallest absolute Gasteiger partial charge is 0.0960 e. The van der Waals surface area contributed by atoms with Gasteiger partial charge < -0.3 is 4.74 Å². The first kappa shape index (κ1) is 21.7. The van der Waals surface area contributed by atoms with Gasteiger partial charge in [-0.1, -0.05) is 68.5 Å². The minimum absolute atomic E-state index is 0.187. The van der Waals surface area contributed by atoms with Crippen molar-refractivity contribution in [3.05, 3.63) is 93.7 Å². The van der Waals surface area contributed by atoms with E-state index < -0.39 is 0 Å². The van der Waals surface area contributed by atoms with E-state index in [0.717, 1.165) is 31.6 Å². The second-order valence-electron chi connectivity index (χ2n) is 10.2. The fourth-order valence-electron chi connectivity index (χ4n) is 5.19. The third kappa shape index (κ3) is 4.28. The first-order valence-electron chi connectivity index (χ1n) is 11.6. The molecule has 0 aromatic heterocycles. The fourth-order valence-corrected chi connectivity index (χ4v) is 5.19. The van der Waals surface area contributed by atoms with Gasteiger partial charge in [0.15, 0.2) is 0 Å². The Morgan fingerprint density at radius 3 is 2.39 bits per heavy atom. The molecule has 1 aliphatic carbocycles. The van der Waals surface area contributed by atoms with Crippen molar-refractivity contribution in [2.24, 2.45) is 5.41 Å². The Kier molecular flexibility index (Phi) is 5.73. The summed E-state index contributed by atoms with van der Waals surface area (Å²) in [6.07, 6.45) is 3.37. The van der Waals surface area contributed by atoms with E-state index in [9.17, 15) is 0 Å². The highest BCUT2D eigenvalue weighted by atomic mass is 16.5. The van der Waals surface area contributed by atoms with Gasteiger partial charge in [0.1, 0.15) is 0 Å². The first-order valence-corrected chi connectivity index (χ1v) is 11.6. The van der Waals surface area contributed by atoms with Gasteiger partial charge in [-0.25, -0.2) is 0 Å². The number of hydrogen-bond donors (Lipinski definition) is 0. The van der Waals surface area contributed by atoms with Crippen LogP contribution in [0.2, 0.25) is 0 Å². The molecule has 0 heterocycles. The molecule has 4 rings (SSSR count). The van der Waals surface area contributed by atoms with Crippen LogP contribution in [0.3, 0.4) is 0 Å². The van der Waals surface area contributed by atoms with Gasteiger partial charge in [-0.15, -0.1) is 0 Å². The fraction of sp³-hybridized carbons (Fsp3) is 0.400. The molecule has 0 saturated carbocycles. The summed E-state index contributed by atoms with van der Waals surface area (Å²) in [5.74, 6) is 1.06. The number of ether oxygens (including phenoxy) is 1. The van der Waals surface area contributed by atoms with Gasteiger partial charge in [0.2, 0.25) is 0 Å². The predicted molar refractivity (Wildman–Crippen MR) is 133 cm³/mol. The van der Waals surface area contributed by atoms with Gasteiger partial charge in [-0.3, -0.25) is 0 Å². The molecule has 0 aliphatic heterocycles. The highest BCUT2D eigenvalue weighted by Gasteiger charge is 2.35. The lowest BCUT2D eigenvalue weighted by molar-refractivity contribution is 0.149. The molecular weight excluding hydrogens is 376 g/mol. The number of rotatable bonds is 6. The van der Waals surface area contributed by atoms with E-state index in [-0.39, 0.29) is 11.3 Å². The molecule has 3 aromatic rings. The van der Waals surface area contributed by atoms with Gasteiger partial charge >= 0.3 is 0 Å². The van der Waals surface area contributed by atoms with E-state index in [1.807, 2.05) is 0 Å².